The Balaban J connectivity index is 1.69. The molecule has 1 N–H and O–H groups in total. The molecule has 1 aliphatic rings. The number of carboxylic acid groups (broad SMARTS) is 1. The van der Waals surface area contributed by atoms with Crippen LogP contribution in [0.25, 0.3) is 10.6 Å². The first kappa shape index (κ1) is 17.6. The molecule has 0 unspecified atom stereocenters. The molecular weight excluding hydrogens is 336 g/mol. The summed E-state index contributed by atoms with van der Waals surface area (Å²) in [5, 5.41) is 12.1. The molecule has 0 aliphatic carbocycles. The molecule has 1 amide bonds. The van der Waals surface area contributed by atoms with E-state index in [2.05, 4.69) is 4.98 Å². The second-order valence-electron chi connectivity index (χ2n) is 6.60. The number of benzene rings is 1. The molecular formula is C19H22N2O3S. The average molecular weight is 358 g/mol. The van der Waals surface area contributed by atoms with Crippen LogP contribution in [0.2, 0.25) is 0 Å². The number of piperidine rings is 1. The number of carbonyl (C=O) groups excluding carboxylic acids is 1. The maximum absolute atomic E-state index is 12.6. The van der Waals surface area contributed by atoms with Crippen LogP contribution in [-0.4, -0.2) is 39.5 Å². The van der Waals surface area contributed by atoms with Crippen LogP contribution in [0, 0.1) is 12.8 Å². The number of aryl methyl sites for hydroxylation is 1. The number of amides is 1. The van der Waals surface area contributed by atoms with Gasteiger partial charge in [-0.05, 0) is 26.7 Å². The summed E-state index contributed by atoms with van der Waals surface area (Å²) in [6.45, 7) is 4.49. The summed E-state index contributed by atoms with van der Waals surface area (Å²) in [7, 11) is 0. The number of thiazole rings is 1. The number of rotatable bonds is 4. The molecule has 0 spiro atoms. The van der Waals surface area contributed by atoms with Crippen molar-refractivity contribution in [3.05, 3.63) is 40.9 Å². The lowest BCUT2D eigenvalue weighted by Gasteiger charge is -2.37. The van der Waals surface area contributed by atoms with E-state index in [1.165, 1.54) is 16.9 Å². The van der Waals surface area contributed by atoms with E-state index in [1.807, 2.05) is 43.5 Å². The molecule has 2 atom stereocenters. The lowest BCUT2D eigenvalue weighted by Crippen LogP contribution is -2.49. The second-order valence-corrected chi connectivity index (χ2v) is 7.46. The van der Waals surface area contributed by atoms with Crippen LogP contribution in [0.4, 0.5) is 0 Å². The molecule has 3 rings (SSSR count). The Kier molecular flexibility index (Phi) is 5.18. The molecule has 2 heterocycles. The first-order valence-electron chi connectivity index (χ1n) is 8.49. The highest BCUT2D eigenvalue weighted by Crippen LogP contribution is 2.27. The van der Waals surface area contributed by atoms with Crippen LogP contribution in [0.5, 0.6) is 0 Å². The standard InChI is InChI=1S/C19H22N2O3S/c1-12-5-7-14(8-6-12)18-20-15(11-25-18)10-17(22)21-9-3-4-16(13(21)2)19(23)24/h5-8,11,13,16H,3-4,9-10H2,1-2H3,(H,23,24)/t13-,16-/m1/s1. The van der Waals surface area contributed by atoms with Gasteiger partial charge in [-0.3, -0.25) is 9.59 Å². The number of hydrogen-bond acceptors (Lipinski definition) is 4. The van der Waals surface area contributed by atoms with Crippen molar-refractivity contribution in [3.8, 4) is 10.6 Å². The van der Waals surface area contributed by atoms with Crippen molar-refractivity contribution >= 4 is 23.2 Å². The van der Waals surface area contributed by atoms with E-state index in [9.17, 15) is 14.7 Å². The van der Waals surface area contributed by atoms with Gasteiger partial charge in [-0.1, -0.05) is 29.8 Å². The third-order valence-corrected chi connectivity index (χ3v) is 5.75. The number of carboxylic acids is 1. The van der Waals surface area contributed by atoms with Gasteiger partial charge in [0.05, 0.1) is 18.0 Å². The van der Waals surface area contributed by atoms with Crippen molar-refractivity contribution < 1.29 is 14.7 Å². The lowest BCUT2D eigenvalue weighted by molar-refractivity contribution is -0.148. The van der Waals surface area contributed by atoms with Crippen LogP contribution in [0.15, 0.2) is 29.6 Å². The zero-order chi connectivity index (χ0) is 18.0. The zero-order valence-corrected chi connectivity index (χ0v) is 15.3. The number of aromatic nitrogens is 1. The maximum atomic E-state index is 12.6. The summed E-state index contributed by atoms with van der Waals surface area (Å²) in [6, 6.07) is 7.88. The second kappa shape index (κ2) is 7.35. The fourth-order valence-corrected chi connectivity index (χ4v) is 4.12. The highest BCUT2D eigenvalue weighted by atomic mass is 32.1. The van der Waals surface area contributed by atoms with Crippen molar-refractivity contribution in [2.45, 2.75) is 39.2 Å². The lowest BCUT2D eigenvalue weighted by atomic mass is 9.90. The summed E-state index contributed by atoms with van der Waals surface area (Å²) >= 11 is 1.53. The molecule has 1 aromatic carbocycles. The molecule has 1 fully saturated rings. The summed E-state index contributed by atoms with van der Waals surface area (Å²) < 4.78 is 0. The number of hydrogen-bond donors (Lipinski definition) is 1. The Hall–Kier alpha value is -2.21. The van der Waals surface area contributed by atoms with Crippen molar-refractivity contribution in [3.63, 3.8) is 0 Å². The monoisotopic (exact) mass is 358 g/mol. The molecule has 0 radical (unpaired) electrons. The highest BCUT2D eigenvalue weighted by molar-refractivity contribution is 7.13. The molecule has 25 heavy (non-hydrogen) atoms. The Labute approximate surface area is 151 Å². The Morgan fingerprint density at radius 3 is 2.72 bits per heavy atom. The first-order valence-corrected chi connectivity index (χ1v) is 9.37. The predicted molar refractivity (Wildman–Crippen MR) is 97.5 cm³/mol. The summed E-state index contributed by atoms with van der Waals surface area (Å²) in [4.78, 5) is 30.2. The molecule has 132 valence electrons. The van der Waals surface area contributed by atoms with Crippen LogP contribution < -0.4 is 0 Å². The molecule has 1 aliphatic heterocycles. The van der Waals surface area contributed by atoms with Crippen molar-refractivity contribution in [1.82, 2.24) is 9.88 Å². The van der Waals surface area contributed by atoms with Gasteiger partial charge < -0.3 is 10.0 Å². The topological polar surface area (TPSA) is 70.5 Å². The average Bonchev–Trinajstić information content (AvgIpc) is 3.03. The SMILES string of the molecule is Cc1ccc(-c2nc(CC(=O)N3CCC[C@@H](C(=O)O)[C@H]3C)cs2)cc1. The van der Waals surface area contributed by atoms with Crippen LogP contribution in [0.1, 0.15) is 31.0 Å². The number of carbonyl (C=O) groups is 2. The van der Waals surface area contributed by atoms with E-state index >= 15 is 0 Å². The van der Waals surface area contributed by atoms with E-state index in [4.69, 9.17) is 0 Å². The Morgan fingerprint density at radius 1 is 1.32 bits per heavy atom. The fraction of sp³-hybridized carbons (Fsp3) is 0.421. The minimum absolute atomic E-state index is 0.0424. The molecule has 5 nitrogen and oxygen atoms in total. The predicted octanol–water partition coefficient (Wildman–Crippen LogP) is 3.37. The van der Waals surface area contributed by atoms with Crippen LogP contribution >= 0.6 is 11.3 Å². The van der Waals surface area contributed by atoms with Gasteiger partial charge in [0.25, 0.3) is 0 Å². The van der Waals surface area contributed by atoms with Gasteiger partial charge in [0, 0.05) is 23.5 Å². The van der Waals surface area contributed by atoms with Gasteiger partial charge in [-0.15, -0.1) is 11.3 Å². The van der Waals surface area contributed by atoms with Gasteiger partial charge in [-0.25, -0.2) is 4.98 Å². The molecule has 6 heteroatoms. The van der Waals surface area contributed by atoms with E-state index in [-0.39, 0.29) is 18.4 Å². The van der Waals surface area contributed by atoms with Gasteiger partial charge >= 0.3 is 5.97 Å². The largest absolute Gasteiger partial charge is 0.481 e. The van der Waals surface area contributed by atoms with Gasteiger partial charge in [0.1, 0.15) is 5.01 Å². The molecule has 0 bridgehead atoms. The minimum Gasteiger partial charge on any atom is -0.481 e. The molecule has 0 saturated carbocycles. The zero-order valence-electron chi connectivity index (χ0n) is 14.4. The maximum Gasteiger partial charge on any atom is 0.308 e. The van der Waals surface area contributed by atoms with Crippen LogP contribution in [-0.2, 0) is 16.0 Å². The Bertz CT molecular complexity index is 769. The molecule has 1 saturated heterocycles. The molecule has 2 aromatic rings. The highest BCUT2D eigenvalue weighted by Gasteiger charge is 2.35. The van der Waals surface area contributed by atoms with Crippen LogP contribution in [0.3, 0.4) is 0 Å². The third kappa shape index (κ3) is 3.90. The van der Waals surface area contributed by atoms with Crippen molar-refractivity contribution in [2.24, 2.45) is 5.92 Å². The normalized spacial score (nSPS) is 20.5. The first-order chi connectivity index (χ1) is 12.0. The number of likely N-dealkylation sites (tertiary alicyclic amines) is 1. The number of aliphatic carboxylic acids is 1. The minimum atomic E-state index is -0.819. The van der Waals surface area contributed by atoms with Crippen molar-refractivity contribution in [2.75, 3.05) is 6.54 Å². The summed E-state index contributed by atoms with van der Waals surface area (Å²) in [5.74, 6) is -1.34. The van der Waals surface area contributed by atoms with Gasteiger partial charge in [-0.2, -0.15) is 0 Å². The summed E-state index contributed by atoms with van der Waals surface area (Å²) in [5.41, 5.74) is 2.99. The van der Waals surface area contributed by atoms with E-state index in [0.29, 0.717) is 13.0 Å². The van der Waals surface area contributed by atoms with Gasteiger partial charge in [0.2, 0.25) is 5.91 Å². The summed E-state index contributed by atoms with van der Waals surface area (Å²) in [6.07, 6.45) is 1.59. The van der Waals surface area contributed by atoms with E-state index in [1.54, 1.807) is 4.90 Å². The Morgan fingerprint density at radius 2 is 2.04 bits per heavy atom. The number of nitrogens with zero attached hydrogens (tertiary/aromatic N) is 2. The molecule has 1 aromatic heterocycles. The quantitative estimate of drug-likeness (QED) is 0.910. The van der Waals surface area contributed by atoms with Gasteiger partial charge in [0.15, 0.2) is 0 Å². The third-order valence-electron chi connectivity index (χ3n) is 4.81. The van der Waals surface area contributed by atoms with Crippen molar-refractivity contribution in [1.29, 1.82) is 0 Å². The van der Waals surface area contributed by atoms with E-state index < -0.39 is 11.9 Å². The van der Waals surface area contributed by atoms with E-state index in [0.717, 1.165) is 22.7 Å². The fourth-order valence-electron chi connectivity index (χ4n) is 3.30. The smallest absolute Gasteiger partial charge is 0.308 e.